The smallest absolute Gasteiger partial charge is 0.449 e. The first-order valence-electron chi connectivity index (χ1n) is 4.30. The molecule has 0 aliphatic carbocycles. The van der Waals surface area contributed by atoms with Crippen LogP contribution < -0.4 is 0 Å². The number of ether oxygens (including phenoxy) is 1. The minimum Gasteiger partial charge on any atom is -0.449 e. The second-order valence-electron chi connectivity index (χ2n) is 2.59. The van der Waals surface area contributed by atoms with Crippen LogP contribution in [0.3, 0.4) is 0 Å². The van der Waals surface area contributed by atoms with Crippen LogP contribution in [0, 0.1) is 0 Å². The summed E-state index contributed by atoms with van der Waals surface area (Å²) in [7, 11) is 2.69. The molecule has 17 heavy (non-hydrogen) atoms. The third-order valence-corrected chi connectivity index (χ3v) is 4.60. The quantitative estimate of drug-likeness (QED) is 0.287. The molecule has 0 aliphatic heterocycles. The van der Waals surface area contributed by atoms with Crippen LogP contribution >= 0.6 is 31.7 Å². The Hall–Kier alpha value is -0.990. The number of hydrogen-bond donors (Lipinski definition) is 1. The van der Waals surface area contributed by atoms with E-state index in [0.717, 1.165) is 22.4 Å². The van der Waals surface area contributed by atoms with Crippen LogP contribution in [-0.2, 0) is 14.7 Å². The molecule has 92 valence electrons. The SMILES string of the molecule is O=C(O)OC(=O)OSSSCc1ccccc1. The van der Waals surface area contributed by atoms with E-state index in [1.807, 2.05) is 30.3 Å². The number of carboxylic acid groups (broad SMARTS) is 1. The van der Waals surface area contributed by atoms with Gasteiger partial charge in [0.2, 0.25) is 0 Å². The molecule has 1 N–H and O–H groups in total. The lowest BCUT2D eigenvalue weighted by Crippen LogP contribution is -2.07. The van der Waals surface area contributed by atoms with Gasteiger partial charge in [-0.3, -0.25) is 0 Å². The lowest BCUT2D eigenvalue weighted by Gasteiger charge is -2.00. The zero-order chi connectivity index (χ0) is 12.5. The maximum Gasteiger partial charge on any atom is 0.531 e. The molecule has 0 radical (unpaired) electrons. The van der Waals surface area contributed by atoms with Crippen molar-refractivity contribution in [3.8, 4) is 0 Å². The molecule has 0 aliphatic rings. The van der Waals surface area contributed by atoms with Crippen molar-refractivity contribution in [1.29, 1.82) is 0 Å². The standard InChI is InChI=1S/C9H8O5S3/c10-8(11)13-9(12)14-16-17-15-6-7-4-2-1-3-5-7/h1-5H,6H2,(H,10,11). The topological polar surface area (TPSA) is 72.8 Å². The number of carbonyl (C=O) groups excluding carboxylic acids is 1. The summed E-state index contributed by atoms with van der Waals surface area (Å²) in [5.41, 5.74) is 1.15. The van der Waals surface area contributed by atoms with Gasteiger partial charge in [-0.25, -0.2) is 9.59 Å². The van der Waals surface area contributed by atoms with Crippen molar-refractivity contribution in [3.63, 3.8) is 0 Å². The highest BCUT2D eigenvalue weighted by Gasteiger charge is 2.10. The Kier molecular flexibility index (Phi) is 6.75. The molecule has 0 amide bonds. The minimum absolute atomic E-state index is 0.760. The van der Waals surface area contributed by atoms with Crippen LogP contribution in [0.2, 0.25) is 0 Å². The van der Waals surface area contributed by atoms with E-state index in [1.54, 1.807) is 0 Å². The largest absolute Gasteiger partial charge is 0.531 e. The van der Waals surface area contributed by atoms with Gasteiger partial charge in [0.1, 0.15) is 11.1 Å². The zero-order valence-electron chi connectivity index (χ0n) is 8.40. The van der Waals surface area contributed by atoms with Gasteiger partial charge in [0.05, 0.1) is 0 Å². The summed E-state index contributed by atoms with van der Waals surface area (Å²) in [5, 5.41) is 8.09. The van der Waals surface area contributed by atoms with E-state index in [4.69, 9.17) is 5.11 Å². The molecule has 0 saturated heterocycles. The van der Waals surface area contributed by atoms with E-state index in [0.29, 0.717) is 0 Å². The molecule has 1 rings (SSSR count). The second kappa shape index (κ2) is 8.15. The predicted octanol–water partition coefficient (Wildman–Crippen LogP) is 3.96. The van der Waals surface area contributed by atoms with Crippen molar-refractivity contribution in [1.82, 2.24) is 0 Å². The average Bonchev–Trinajstić information content (AvgIpc) is 2.29. The van der Waals surface area contributed by atoms with Crippen molar-refractivity contribution in [2.24, 2.45) is 0 Å². The number of rotatable bonds is 5. The Balaban J connectivity index is 2.05. The van der Waals surface area contributed by atoms with Gasteiger partial charge >= 0.3 is 12.3 Å². The van der Waals surface area contributed by atoms with Crippen molar-refractivity contribution < 1.29 is 23.6 Å². The summed E-state index contributed by atoms with van der Waals surface area (Å²) in [6.07, 6.45) is -2.92. The summed E-state index contributed by atoms with van der Waals surface area (Å²) in [6.45, 7) is 0. The van der Waals surface area contributed by atoms with Gasteiger partial charge in [-0.1, -0.05) is 41.1 Å². The highest BCUT2D eigenvalue weighted by molar-refractivity contribution is 9.08. The van der Waals surface area contributed by atoms with E-state index in [2.05, 4.69) is 8.92 Å². The Morgan fingerprint density at radius 2 is 1.94 bits per heavy atom. The van der Waals surface area contributed by atoms with E-state index in [-0.39, 0.29) is 0 Å². The van der Waals surface area contributed by atoms with Gasteiger partial charge in [0, 0.05) is 15.6 Å². The molecule has 0 unspecified atom stereocenters. The van der Waals surface area contributed by atoms with Crippen LogP contribution in [0.5, 0.6) is 0 Å². The highest BCUT2D eigenvalue weighted by atomic mass is 33.5. The average molecular weight is 292 g/mol. The van der Waals surface area contributed by atoms with Crippen LogP contribution in [0.15, 0.2) is 30.3 Å². The van der Waals surface area contributed by atoms with Gasteiger partial charge in [-0.05, 0) is 5.56 Å². The fourth-order valence-electron chi connectivity index (χ4n) is 0.816. The van der Waals surface area contributed by atoms with Crippen molar-refractivity contribution in [3.05, 3.63) is 35.9 Å². The zero-order valence-corrected chi connectivity index (χ0v) is 10.8. The van der Waals surface area contributed by atoms with Crippen LogP contribution in [0.25, 0.3) is 0 Å². The molecule has 1 aromatic carbocycles. The summed E-state index contributed by atoms with van der Waals surface area (Å²) in [5.74, 6) is 0.760. The first-order valence-corrected chi connectivity index (χ1v) is 7.87. The third-order valence-electron chi connectivity index (χ3n) is 1.42. The second-order valence-corrected chi connectivity index (χ2v) is 6.30. The number of hydrogen-bond acceptors (Lipinski definition) is 7. The van der Waals surface area contributed by atoms with Crippen LogP contribution in [0.4, 0.5) is 9.59 Å². The summed E-state index contributed by atoms with van der Waals surface area (Å²) >= 11 is 0.764. The monoisotopic (exact) mass is 292 g/mol. The van der Waals surface area contributed by atoms with E-state index in [1.165, 1.54) is 20.6 Å². The maximum absolute atomic E-state index is 10.6. The molecule has 1 aromatic rings. The molecule has 0 fully saturated rings. The summed E-state index contributed by atoms with van der Waals surface area (Å²) in [4.78, 5) is 20.6. The Morgan fingerprint density at radius 1 is 1.24 bits per heavy atom. The molecule has 0 atom stereocenters. The van der Waals surface area contributed by atoms with Crippen LogP contribution in [-0.4, -0.2) is 17.4 Å². The molecule has 8 heteroatoms. The molecular formula is C9H8O5S3. The van der Waals surface area contributed by atoms with Crippen molar-refractivity contribution in [2.45, 2.75) is 5.75 Å². The first-order chi connectivity index (χ1) is 8.18. The maximum atomic E-state index is 10.6. The predicted molar refractivity (Wildman–Crippen MR) is 68.5 cm³/mol. The molecule has 0 bridgehead atoms. The van der Waals surface area contributed by atoms with Gasteiger partial charge in [-0.15, -0.1) is 0 Å². The van der Waals surface area contributed by atoms with Crippen molar-refractivity contribution in [2.75, 3.05) is 0 Å². The van der Waals surface area contributed by atoms with E-state index in [9.17, 15) is 9.59 Å². The summed E-state index contributed by atoms with van der Waals surface area (Å²) in [6, 6.07) is 9.78. The lowest BCUT2D eigenvalue weighted by atomic mass is 10.2. The minimum atomic E-state index is -1.68. The van der Waals surface area contributed by atoms with E-state index >= 15 is 0 Å². The van der Waals surface area contributed by atoms with E-state index < -0.39 is 12.3 Å². The molecule has 0 heterocycles. The normalized spacial score (nSPS) is 9.65. The Bertz CT molecular complexity index is 370. The Morgan fingerprint density at radius 3 is 2.59 bits per heavy atom. The first kappa shape index (κ1) is 14.1. The fourth-order valence-corrected chi connectivity index (χ4v) is 3.31. The number of benzene rings is 1. The van der Waals surface area contributed by atoms with Gasteiger partial charge in [0.25, 0.3) is 0 Å². The lowest BCUT2D eigenvalue weighted by molar-refractivity contribution is 0.0893. The van der Waals surface area contributed by atoms with Gasteiger partial charge < -0.3 is 14.0 Å². The molecular weight excluding hydrogens is 284 g/mol. The van der Waals surface area contributed by atoms with Crippen molar-refractivity contribution >= 4 is 44.0 Å². The molecule has 5 nitrogen and oxygen atoms in total. The highest BCUT2D eigenvalue weighted by Crippen LogP contribution is 2.37. The van der Waals surface area contributed by atoms with Gasteiger partial charge in [-0.2, -0.15) is 0 Å². The third kappa shape index (κ3) is 7.03. The van der Waals surface area contributed by atoms with Gasteiger partial charge in [0.15, 0.2) is 0 Å². The molecule has 0 spiro atoms. The Labute approximate surface area is 109 Å². The summed E-state index contributed by atoms with van der Waals surface area (Å²) < 4.78 is 8.13. The number of carbonyl (C=O) groups is 2. The molecule has 0 saturated carbocycles. The van der Waals surface area contributed by atoms with Crippen LogP contribution in [0.1, 0.15) is 5.56 Å². The fraction of sp³-hybridized carbons (Fsp3) is 0.111. The molecule has 0 aromatic heterocycles.